The third kappa shape index (κ3) is 5.45. The Hall–Kier alpha value is -4.28. The van der Waals surface area contributed by atoms with Crippen molar-refractivity contribution in [2.24, 2.45) is 14.1 Å². The van der Waals surface area contributed by atoms with E-state index in [0.717, 1.165) is 11.3 Å². The SMILES string of the molecule is Cc1cc(F)c(NC(=O)Nc2cc(C(C)(C)C)nn2C)cc1Oc1nccc(-c2cnn(C)c2)n1. The zero-order chi connectivity index (χ0) is 25.3. The highest BCUT2D eigenvalue weighted by atomic mass is 19.1. The van der Waals surface area contributed by atoms with Gasteiger partial charge in [-0.3, -0.25) is 14.7 Å². The van der Waals surface area contributed by atoms with Crippen LogP contribution in [0.3, 0.4) is 0 Å². The van der Waals surface area contributed by atoms with Gasteiger partial charge in [-0.15, -0.1) is 0 Å². The Morgan fingerprint density at radius 3 is 2.57 bits per heavy atom. The first-order valence-electron chi connectivity index (χ1n) is 10.9. The van der Waals surface area contributed by atoms with Crippen LogP contribution in [0.1, 0.15) is 32.0 Å². The molecule has 2 N–H and O–H groups in total. The largest absolute Gasteiger partial charge is 0.424 e. The molecule has 0 aliphatic carbocycles. The number of hydrogen-bond donors (Lipinski definition) is 2. The minimum absolute atomic E-state index is 0.0512. The molecule has 0 saturated carbocycles. The first-order chi connectivity index (χ1) is 16.5. The molecule has 3 aromatic heterocycles. The summed E-state index contributed by atoms with van der Waals surface area (Å²) in [6, 6.07) is 5.67. The van der Waals surface area contributed by atoms with E-state index in [2.05, 4.69) is 30.8 Å². The van der Waals surface area contributed by atoms with Crippen molar-refractivity contribution in [2.75, 3.05) is 10.6 Å². The van der Waals surface area contributed by atoms with Gasteiger partial charge >= 0.3 is 12.0 Å². The summed E-state index contributed by atoms with van der Waals surface area (Å²) in [6.07, 6.45) is 5.07. The maximum absolute atomic E-state index is 14.6. The monoisotopic (exact) mass is 478 g/mol. The number of rotatable bonds is 5. The summed E-state index contributed by atoms with van der Waals surface area (Å²) in [4.78, 5) is 21.1. The van der Waals surface area contributed by atoms with Gasteiger partial charge in [-0.25, -0.2) is 14.2 Å². The second-order valence-electron chi connectivity index (χ2n) is 9.19. The fraction of sp³-hybridized carbons (Fsp3) is 0.292. The van der Waals surface area contributed by atoms with Crippen molar-refractivity contribution < 1.29 is 13.9 Å². The third-order valence-electron chi connectivity index (χ3n) is 5.24. The van der Waals surface area contributed by atoms with E-state index in [9.17, 15) is 9.18 Å². The van der Waals surface area contributed by atoms with Gasteiger partial charge in [0.15, 0.2) is 0 Å². The molecule has 0 atom stereocenters. The molecule has 0 bridgehead atoms. The lowest BCUT2D eigenvalue weighted by molar-refractivity contribution is 0.262. The second kappa shape index (κ2) is 9.16. The Morgan fingerprint density at radius 1 is 1.14 bits per heavy atom. The van der Waals surface area contributed by atoms with Crippen LogP contribution >= 0.6 is 0 Å². The zero-order valence-electron chi connectivity index (χ0n) is 20.4. The molecule has 0 unspecified atom stereocenters. The molecule has 3 heterocycles. The predicted molar refractivity (Wildman–Crippen MR) is 130 cm³/mol. The van der Waals surface area contributed by atoms with Gasteiger partial charge in [-0.2, -0.15) is 15.2 Å². The standard InChI is InChI=1S/C24H27FN8O2/c1-14-9-16(25)18(28-22(34)30-21-11-20(24(2,3)4)31-33(21)6)10-19(14)35-23-26-8-7-17(29-23)15-12-27-32(5)13-15/h7-13H,1-6H3,(H2,28,30,34). The average molecular weight is 479 g/mol. The molecule has 182 valence electrons. The number of nitrogens with zero attached hydrogens (tertiary/aromatic N) is 6. The van der Waals surface area contributed by atoms with E-state index < -0.39 is 11.8 Å². The lowest BCUT2D eigenvalue weighted by atomic mass is 9.92. The van der Waals surface area contributed by atoms with Crippen LogP contribution in [0.25, 0.3) is 11.3 Å². The molecule has 0 saturated heterocycles. The van der Waals surface area contributed by atoms with Crippen LogP contribution in [0.15, 0.2) is 42.9 Å². The summed E-state index contributed by atoms with van der Waals surface area (Å²) in [6.45, 7) is 7.77. The number of urea groups is 1. The van der Waals surface area contributed by atoms with Gasteiger partial charge in [0, 0.05) is 49.6 Å². The zero-order valence-corrected chi connectivity index (χ0v) is 20.4. The van der Waals surface area contributed by atoms with Crippen molar-refractivity contribution in [1.29, 1.82) is 0 Å². The Kier molecular flexibility index (Phi) is 6.25. The molecule has 0 aliphatic rings. The van der Waals surface area contributed by atoms with E-state index in [-0.39, 0.29) is 17.1 Å². The number of aryl methyl sites for hydroxylation is 3. The number of nitrogens with one attached hydrogen (secondary N) is 2. The van der Waals surface area contributed by atoms with E-state index in [1.54, 1.807) is 47.9 Å². The maximum atomic E-state index is 14.6. The number of aromatic nitrogens is 6. The molecule has 35 heavy (non-hydrogen) atoms. The fourth-order valence-electron chi connectivity index (χ4n) is 3.28. The minimum Gasteiger partial charge on any atom is -0.424 e. The van der Waals surface area contributed by atoms with Crippen molar-refractivity contribution in [1.82, 2.24) is 29.5 Å². The third-order valence-corrected chi connectivity index (χ3v) is 5.24. The van der Waals surface area contributed by atoms with Gasteiger partial charge < -0.3 is 10.1 Å². The molecular formula is C24H27FN8O2. The maximum Gasteiger partial charge on any atom is 0.324 e. The van der Waals surface area contributed by atoms with Gasteiger partial charge in [-0.05, 0) is 24.6 Å². The second-order valence-corrected chi connectivity index (χ2v) is 9.19. The Balaban J connectivity index is 1.52. The summed E-state index contributed by atoms with van der Waals surface area (Å²) in [5, 5.41) is 13.8. The van der Waals surface area contributed by atoms with Crippen molar-refractivity contribution in [2.45, 2.75) is 33.1 Å². The van der Waals surface area contributed by atoms with Gasteiger partial charge in [0.2, 0.25) is 0 Å². The van der Waals surface area contributed by atoms with Crippen LogP contribution in [-0.2, 0) is 19.5 Å². The number of anilines is 2. The van der Waals surface area contributed by atoms with E-state index in [0.29, 0.717) is 22.8 Å². The highest BCUT2D eigenvalue weighted by Crippen LogP contribution is 2.30. The molecule has 0 aliphatic heterocycles. The smallest absolute Gasteiger partial charge is 0.324 e. The molecule has 1 aromatic carbocycles. The summed E-state index contributed by atoms with van der Waals surface area (Å²) < 4.78 is 23.7. The van der Waals surface area contributed by atoms with Crippen molar-refractivity contribution in [3.8, 4) is 23.0 Å². The highest BCUT2D eigenvalue weighted by Gasteiger charge is 2.20. The number of hydrogen-bond acceptors (Lipinski definition) is 6. The van der Waals surface area contributed by atoms with Gasteiger partial charge in [0.25, 0.3) is 0 Å². The summed E-state index contributed by atoms with van der Waals surface area (Å²) in [5.41, 5.74) is 2.54. The number of carbonyl (C=O) groups excluding carboxylic acids is 1. The number of halogens is 1. The Bertz CT molecular complexity index is 1390. The Labute approximate surface area is 202 Å². The van der Waals surface area contributed by atoms with Gasteiger partial charge in [0.05, 0.1) is 23.3 Å². The van der Waals surface area contributed by atoms with Crippen molar-refractivity contribution in [3.05, 3.63) is 59.9 Å². The lowest BCUT2D eigenvalue weighted by Gasteiger charge is -2.13. The fourth-order valence-corrected chi connectivity index (χ4v) is 3.28. The van der Waals surface area contributed by atoms with Crippen molar-refractivity contribution >= 4 is 17.5 Å². The van der Waals surface area contributed by atoms with Crippen LogP contribution < -0.4 is 15.4 Å². The first-order valence-corrected chi connectivity index (χ1v) is 10.9. The molecule has 2 amide bonds. The van der Waals surface area contributed by atoms with Crippen LogP contribution in [0, 0.1) is 12.7 Å². The molecular weight excluding hydrogens is 451 g/mol. The minimum atomic E-state index is -0.614. The quantitative estimate of drug-likeness (QED) is 0.427. The molecule has 11 heteroatoms. The van der Waals surface area contributed by atoms with Crippen LogP contribution in [0.2, 0.25) is 0 Å². The van der Waals surface area contributed by atoms with Gasteiger partial charge in [0.1, 0.15) is 17.4 Å². The summed E-state index contributed by atoms with van der Waals surface area (Å²) >= 11 is 0. The van der Waals surface area contributed by atoms with E-state index in [4.69, 9.17) is 4.74 Å². The Morgan fingerprint density at radius 2 is 1.91 bits per heavy atom. The van der Waals surface area contributed by atoms with E-state index in [1.165, 1.54) is 12.1 Å². The molecule has 0 radical (unpaired) electrons. The number of amides is 2. The lowest BCUT2D eigenvalue weighted by Crippen LogP contribution is -2.21. The van der Waals surface area contributed by atoms with E-state index >= 15 is 0 Å². The van der Waals surface area contributed by atoms with Crippen LogP contribution in [-0.4, -0.2) is 35.6 Å². The normalized spacial score (nSPS) is 11.4. The van der Waals surface area contributed by atoms with Gasteiger partial charge in [-0.1, -0.05) is 20.8 Å². The molecule has 4 rings (SSSR count). The topological polar surface area (TPSA) is 112 Å². The first kappa shape index (κ1) is 23.9. The predicted octanol–water partition coefficient (Wildman–Crippen LogP) is 4.79. The van der Waals surface area contributed by atoms with Crippen LogP contribution in [0.4, 0.5) is 20.7 Å². The summed E-state index contributed by atoms with van der Waals surface area (Å²) in [7, 11) is 3.54. The number of carbonyl (C=O) groups is 1. The average Bonchev–Trinajstić information content (AvgIpc) is 3.37. The highest BCUT2D eigenvalue weighted by molar-refractivity contribution is 5.99. The molecule has 0 fully saturated rings. The number of benzene rings is 1. The summed E-state index contributed by atoms with van der Waals surface area (Å²) in [5.74, 6) is 0.188. The molecule has 0 spiro atoms. The van der Waals surface area contributed by atoms with Crippen molar-refractivity contribution in [3.63, 3.8) is 0 Å². The van der Waals surface area contributed by atoms with E-state index in [1.807, 2.05) is 34.0 Å². The van der Waals surface area contributed by atoms with Crippen LogP contribution in [0.5, 0.6) is 11.8 Å². The molecule has 4 aromatic rings. The molecule has 10 nitrogen and oxygen atoms in total. The number of ether oxygens (including phenoxy) is 1.